The zero-order chi connectivity index (χ0) is 67.5. The first kappa shape index (κ1) is 89.1. The van der Waals surface area contributed by atoms with Crippen LogP contribution in [0.25, 0.3) is 0 Å². The number of ether oxygens (including phenoxy) is 4. The lowest BCUT2D eigenvalue weighted by atomic mass is 9.99. The highest BCUT2D eigenvalue weighted by Gasteiger charge is 2.30. The van der Waals surface area contributed by atoms with E-state index in [0.717, 1.165) is 108 Å². The molecule has 0 saturated carbocycles. The summed E-state index contributed by atoms with van der Waals surface area (Å²) in [5, 5.41) is 10.6. The Labute approximate surface area is 556 Å². The molecule has 17 nitrogen and oxygen atoms in total. The molecule has 0 aliphatic rings. The maximum atomic E-state index is 13.0. The summed E-state index contributed by atoms with van der Waals surface area (Å²) in [6.07, 6.45) is 44.7. The third-order valence-corrected chi connectivity index (χ3v) is 18.8. The maximum Gasteiger partial charge on any atom is 0.472 e. The lowest BCUT2D eigenvalue weighted by Crippen LogP contribution is -2.30. The zero-order valence-electron chi connectivity index (χ0n) is 59.5. The van der Waals surface area contributed by atoms with Gasteiger partial charge in [0.25, 0.3) is 0 Å². The lowest BCUT2D eigenvalue weighted by molar-refractivity contribution is -0.161. The SMILES string of the molecule is CCC(C)CCCCCCCCCCC(=O)OC[C@H](COP(=O)(O)OCC(O)COP(=O)(O)OC[C@@H](COC(=O)CCCCCCCCCCC(C)C)OC(=O)CCCCCCCCC(C)C)OC(=O)CCCCCCCCCCCCCCCCCCC(C)C. The van der Waals surface area contributed by atoms with Gasteiger partial charge in [-0.25, -0.2) is 9.13 Å². The van der Waals surface area contributed by atoms with Crippen molar-refractivity contribution in [3.05, 3.63) is 0 Å². The normalized spacial score (nSPS) is 14.5. The molecule has 0 heterocycles. The van der Waals surface area contributed by atoms with Crippen molar-refractivity contribution in [2.45, 2.75) is 375 Å². The Morgan fingerprint density at radius 3 is 0.780 bits per heavy atom. The second-order valence-corrected chi connectivity index (χ2v) is 30.6. The molecular formula is C72H140O17P2. The van der Waals surface area contributed by atoms with E-state index < -0.39 is 97.5 Å². The van der Waals surface area contributed by atoms with Gasteiger partial charge in [0.1, 0.15) is 19.3 Å². The number of phosphoric acid groups is 2. The minimum Gasteiger partial charge on any atom is -0.462 e. The third kappa shape index (κ3) is 65.1. The number of phosphoric ester groups is 2. The number of carbonyl (C=O) groups excluding carboxylic acids is 4. The molecule has 19 heteroatoms. The number of hydrogen-bond acceptors (Lipinski definition) is 15. The number of rotatable bonds is 69. The van der Waals surface area contributed by atoms with Crippen LogP contribution in [0.3, 0.4) is 0 Å². The summed E-state index contributed by atoms with van der Waals surface area (Å²) >= 11 is 0. The molecule has 3 N–H and O–H groups in total. The molecule has 0 spiro atoms. The van der Waals surface area contributed by atoms with Crippen molar-refractivity contribution in [3.8, 4) is 0 Å². The standard InChI is InChI=1S/C72H140O17P2/c1-9-65(8)51-43-35-26-21-23-28-37-45-53-70(75)82-58-67(88-71(76)54-46-38-29-19-17-15-13-11-10-12-14-16-18-24-32-40-48-62(2)3)60-86-90(78,79)84-56-66(73)57-85-91(80,81)87-61-68(89-72(77)55-47-39-31-30-34-42-50-64(6)7)59-83-69(74)52-44-36-27-22-20-25-33-41-49-63(4)5/h62-68,73H,9-61H2,1-8H3,(H,78,79)(H,80,81)/t65?,66?,67-,68-/m1/s1. The first-order valence-corrected chi connectivity index (χ1v) is 40.2. The van der Waals surface area contributed by atoms with E-state index in [9.17, 15) is 43.2 Å². The van der Waals surface area contributed by atoms with E-state index in [2.05, 4.69) is 55.4 Å². The minimum atomic E-state index is -4.95. The van der Waals surface area contributed by atoms with Gasteiger partial charge in [0, 0.05) is 25.7 Å². The van der Waals surface area contributed by atoms with Crippen LogP contribution < -0.4 is 0 Å². The van der Waals surface area contributed by atoms with Crippen molar-refractivity contribution in [1.29, 1.82) is 0 Å². The van der Waals surface area contributed by atoms with Gasteiger partial charge < -0.3 is 33.8 Å². The van der Waals surface area contributed by atoms with Crippen molar-refractivity contribution in [1.82, 2.24) is 0 Å². The van der Waals surface area contributed by atoms with Crippen LogP contribution in [0.4, 0.5) is 0 Å². The summed E-state index contributed by atoms with van der Waals surface area (Å²) in [4.78, 5) is 72.5. The summed E-state index contributed by atoms with van der Waals surface area (Å²) in [6, 6.07) is 0. The second kappa shape index (κ2) is 61.6. The van der Waals surface area contributed by atoms with E-state index in [-0.39, 0.29) is 25.7 Å². The van der Waals surface area contributed by atoms with E-state index in [1.165, 1.54) is 161 Å². The summed E-state index contributed by atoms with van der Waals surface area (Å²) < 4.78 is 68.3. The molecule has 0 saturated heterocycles. The number of aliphatic hydroxyl groups excluding tert-OH is 1. The fraction of sp³-hybridized carbons (Fsp3) is 0.944. The smallest absolute Gasteiger partial charge is 0.462 e. The van der Waals surface area contributed by atoms with Crippen LogP contribution in [0, 0.1) is 23.7 Å². The van der Waals surface area contributed by atoms with Crippen LogP contribution in [-0.4, -0.2) is 96.7 Å². The van der Waals surface area contributed by atoms with Gasteiger partial charge in [0.15, 0.2) is 12.2 Å². The van der Waals surface area contributed by atoms with Crippen molar-refractivity contribution >= 4 is 39.5 Å². The van der Waals surface area contributed by atoms with Gasteiger partial charge in [-0.15, -0.1) is 0 Å². The van der Waals surface area contributed by atoms with Crippen molar-refractivity contribution in [3.63, 3.8) is 0 Å². The first-order valence-electron chi connectivity index (χ1n) is 37.2. The average Bonchev–Trinajstić information content (AvgIpc) is 3.62. The molecule has 91 heavy (non-hydrogen) atoms. The van der Waals surface area contributed by atoms with E-state index >= 15 is 0 Å². The van der Waals surface area contributed by atoms with Crippen LogP contribution >= 0.6 is 15.6 Å². The summed E-state index contributed by atoms with van der Waals surface area (Å²) in [5.41, 5.74) is 0. The maximum absolute atomic E-state index is 13.0. The second-order valence-electron chi connectivity index (χ2n) is 27.6. The molecule has 0 aromatic carbocycles. The quantitative estimate of drug-likeness (QED) is 0.0222. The molecule has 540 valence electrons. The highest BCUT2D eigenvalue weighted by molar-refractivity contribution is 7.47. The van der Waals surface area contributed by atoms with Crippen molar-refractivity contribution in [2.75, 3.05) is 39.6 Å². The molecule has 4 unspecified atom stereocenters. The van der Waals surface area contributed by atoms with Gasteiger partial charge in [0.2, 0.25) is 0 Å². The molecule has 0 amide bonds. The van der Waals surface area contributed by atoms with Gasteiger partial charge in [-0.3, -0.25) is 37.3 Å². The topological polar surface area (TPSA) is 237 Å². The minimum absolute atomic E-state index is 0.101. The predicted octanol–water partition coefficient (Wildman–Crippen LogP) is 20.5. The van der Waals surface area contributed by atoms with Crippen molar-refractivity contribution < 1.29 is 80.2 Å². The highest BCUT2D eigenvalue weighted by Crippen LogP contribution is 2.45. The van der Waals surface area contributed by atoms with E-state index in [1.807, 2.05) is 0 Å². The summed E-state index contributed by atoms with van der Waals surface area (Å²) in [7, 11) is -9.90. The van der Waals surface area contributed by atoms with Gasteiger partial charge in [-0.1, -0.05) is 306 Å². The third-order valence-electron chi connectivity index (χ3n) is 16.9. The van der Waals surface area contributed by atoms with Crippen LogP contribution in [0.2, 0.25) is 0 Å². The Bertz CT molecular complexity index is 1800. The van der Waals surface area contributed by atoms with Gasteiger partial charge in [-0.05, 0) is 49.4 Å². The fourth-order valence-corrected chi connectivity index (χ4v) is 12.4. The van der Waals surface area contributed by atoms with E-state index in [4.69, 9.17) is 37.0 Å². The van der Waals surface area contributed by atoms with Crippen LogP contribution in [0.15, 0.2) is 0 Å². The van der Waals surface area contributed by atoms with Crippen LogP contribution in [-0.2, 0) is 65.4 Å². The molecule has 0 aromatic heterocycles. The molecule has 6 atom stereocenters. The highest BCUT2D eigenvalue weighted by atomic mass is 31.2. The molecule has 0 aromatic rings. The van der Waals surface area contributed by atoms with Crippen molar-refractivity contribution in [2.24, 2.45) is 23.7 Å². The van der Waals surface area contributed by atoms with Gasteiger partial charge in [-0.2, -0.15) is 0 Å². The number of aliphatic hydroxyl groups is 1. The lowest BCUT2D eigenvalue weighted by Gasteiger charge is -2.21. The zero-order valence-corrected chi connectivity index (χ0v) is 61.3. The molecule has 0 fully saturated rings. The van der Waals surface area contributed by atoms with E-state index in [0.29, 0.717) is 31.6 Å². The van der Waals surface area contributed by atoms with Crippen LogP contribution in [0.5, 0.6) is 0 Å². The summed E-state index contributed by atoms with van der Waals surface area (Å²) in [5.74, 6) is 0.851. The molecule has 0 aliphatic heterocycles. The molecule has 0 rings (SSSR count). The van der Waals surface area contributed by atoms with Gasteiger partial charge >= 0.3 is 39.5 Å². The largest absolute Gasteiger partial charge is 0.472 e. The fourth-order valence-electron chi connectivity index (χ4n) is 10.8. The Balaban J connectivity index is 5.21. The monoisotopic (exact) mass is 1340 g/mol. The predicted molar refractivity (Wildman–Crippen MR) is 367 cm³/mol. The number of esters is 4. The number of carbonyl (C=O) groups is 4. The van der Waals surface area contributed by atoms with Crippen LogP contribution in [0.1, 0.15) is 357 Å². The molecule has 0 aliphatic carbocycles. The summed E-state index contributed by atoms with van der Waals surface area (Å²) in [6.45, 7) is 14.1. The first-order chi connectivity index (χ1) is 43.6. The Morgan fingerprint density at radius 1 is 0.308 bits per heavy atom. The molecule has 0 bridgehead atoms. The van der Waals surface area contributed by atoms with E-state index in [1.54, 1.807) is 0 Å². The molecule has 0 radical (unpaired) electrons. The van der Waals surface area contributed by atoms with Gasteiger partial charge in [0.05, 0.1) is 26.4 Å². The number of hydrogen-bond donors (Lipinski definition) is 3. The Kier molecular flexibility index (Phi) is 60.3. The Morgan fingerprint density at radius 2 is 0.527 bits per heavy atom. The molecular weight excluding hydrogens is 1200 g/mol. The number of unbranched alkanes of at least 4 members (excludes halogenated alkanes) is 34. The Hall–Kier alpha value is -1.94. The average molecular weight is 1340 g/mol.